The molecule has 0 N–H and O–H groups in total. The van der Waals surface area contributed by atoms with Gasteiger partial charge >= 0.3 is 0 Å². The minimum atomic E-state index is 1.14. The number of allylic oxidation sites excluding steroid dienone is 1. The number of benzene rings is 2. The van der Waals surface area contributed by atoms with E-state index in [4.69, 9.17) is 0 Å². The van der Waals surface area contributed by atoms with Crippen LogP contribution < -0.4 is 0 Å². The molecule has 0 atom stereocenters. The lowest BCUT2D eigenvalue weighted by molar-refractivity contribution is 0.923. The molecule has 0 fully saturated rings. The quantitative estimate of drug-likeness (QED) is 0.672. The fraction of sp³-hybridized carbons (Fsp3) is 0.222. The highest BCUT2D eigenvalue weighted by Crippen LogP contribution is 2.25. The molecular weight excluding hydrogens is 216 g/mol. The first kappa shape index (κ1) is 12.6. The summed E-state index contributed by atoms with van der Waals surface area (Å²) in [6.45, 7) is 4.28. The molecule has 0 bridgehead atoms. The zero-order valence-corrected chi connectivity index (χ0v) is 11.2. The minimum absolute atomic E-state index is 1.14. The second kappa shape index (κ2) is 6.20. The summed E-state index contributed by atoms with van der Waals surface area (Å²) in [4.78, 5) is 0. The molecule has 2 aromatic rings. The number of rotatable bonds is 4. The zero-order chi connectivity index (χ0) is 12.8. The molecule has 0 nitrogen and oxygen atoms in total. The predicted octanol–water partition coefficient (Wildman–Crippen LogP) is 5.34. The SMILES string of the molecule is C/C=C/c1cccc(-c2ccccc2CCC)c1. The van der Waals surface area contributed by atoms with Crippen molar-refractivity contribution >= 4 is 6.08 Å². The highest BCUT2D eigenvalue weighted by atomic mass is 14.1. The smallest absolute Gasteiger partial charge is 0.0152 e. The van der Waals surface area contributed by atoms with Crippen LogP contribution in [-0.2, 0) is 6.42 Å². The highest BCUT2D eigenvalue weighted by Gasteiger charge is 2.03. The van der Waals surface area contributed by atoms with E-state index in [1.54, 1.807) is 0 Å². The van der Waals surface area contributed by atoms with Crippen LogP contribution in [-0.4, -0.2) is 0 Å². The predicted molar refractivity (Wildman–Crippen MR) is 80.6 cm³/mol. The molecule has 0 aliphatic carbocycles. The fourth-order valence-corrected chi connectivity index (χ4v) is 2.29. The summed E-state index contributed by atoms with van der Waals surface area (Å²) >= 11 is 0. The Bertz CT molecular complexity index is 535. The molecule has 18 heavy (non-hydrogen) atoms. The van der Waals surface area contributed by atoms with Gasteiger partial charge in [-0.25, -0.2) is 0 Å². The Morgan fingerprint density at radius 1 is 1.00 bits per heavy atom. The lowest BCUT2D eigenvalue weighted by Crippen LogP contribution is -1.89. The van der Waals surface area contributed by atoms with Gasteiger partial charge in [0.15, 0.2) is 0 Å². The van der Waals surface area contributed by atoms with Crippen LogP contribution >= 0.6 is 0 Å². The van der Waals surface area contributed by atoms with Crippen LogP contribution in [0.25, 0.3) is 17.2 Å². The molecule has 0 aliphatic heterocycles. The second-order valence-electron chi connectivity index (χ2n) is 4.53. The van der Waals surface area contributed by atoms with E-state index in [9.17, 15) is 0 Å². The van der Waals surface area contributed by atoms with E-state index in [1.807, 2.05) is 0 Å². The van der Waals surface area contributed by atoms with E-state index >= 15 is 0 Å². The molecule has 0 radical (unpaired) electrons. The van der Waals surface area contributed by atoms with Gasteiger partial charge in [0.2, 0.25) is 0 Å². The van der Waals surface area contributed by atoms with E-state index in [2.05, 4.69) is 74.5 Å². The summed E-state index contributed by atoms with van der Waals surface area (Å²) in [5.74, 6) is 0. The number of hydrogen-bond acceptors (Lipinski definition) is 0. The maximum absolute atomic E-state index is 2.26. The van der Waals surface area contributed by atoms with Gasteiger partial charge in [0.25, 0.3) is 0 Å². The lowest BCUT2D eigenvalue weighted by Gasteiger charge is -2.09. The van der Waals surface area contributed by atoms with E-state index in [0.29, 0.717) is 0 Å². The summed E-state index contributed by atoms with van der Waals surface area (Å²) in [5.41, 5.74) is 5.39. The summed E-state index contributed by atoms with van der Waals surface area (Å²) in [5, 5.41) is 0. The molecule has 0 aliphatic rings. The standard InChI is InChI=1S/C18H20/c1-3-8-15-10-7-12-17(14-15)18-13-6-5-11-16(18)9-4-2/h3,5-8,10-14H,4,9H2,1-2H3/b8-3+. The van der Waals surface area contributed by atoms with Gasteiger partial charge in [-0.15, -0.1) is 0 Å². The largest absolute Gasteiger partial charge is 0.0871 e. The van der Waals surface area contributed by atoms with E-state index in [-0.39, 0.29) is 0 Å². The van der Waals surface area contributed by atoms with Crippen molar-refractivity contribution in [1.29, 1.82) is 0 Å². The van der Waals surface area contributed by atoms with Crippen LogP contribution in [0.5, 0.6) is 0 Å². The van der Waals surface area contributed by atoms with Crippen LogP contribution in [0.1, 0.15) is 31.4 Å². The molecule has 0 spiro atoms. The zero-order valence-electron chi connectivity index (χ0n) is 11.2. The van der Waals surface area contributed by atoms with Gasteiger partial charge in [0.05, 0.1) is 0 Å². The third-order valence-corrected chi connectivity index (χ3v) is 3.09. The van der Waals surface area contributed by atoms with Gasteiger partial charge in [-0.1, -0.05) is 68.0 Å². The Balaban J connectivity index is 2.44. The second-order valence-corrected chi connectivity index (χ2v) is 4.53. The van der Waals surface area contributed by atoms with E-state index in [1.165, 1.54) is 28.7 Å². The highest BCUT2D eigenvalue weighted by molar-refractivity contribution is 5.70. The maximum Gasteiger partial charge on any atom is -0.0152 e. The van der Waals surface area contributed by atoms with Gasteiger partial charge in [0, 0.05) is 0 Å². The molecule has 92 valence electrons. The summed E-state index contributed by atoms with van der Waals surface area (Å²) < 4.78 is 0. The number of hydrogen-bond donors (Lipinski definition) is 0. The summed E-state index contributed by atoms with van der Waals surface area (Å²) in [6, 6.07) is 17.4. The molecule has 0 heterocycles. The van der Waals surface area contributed by atoms with Gasteiger partial charge in [-0.2, -0.15) is 0 Å². The van der Waals surface area contributed by atoms with Crippen molar-refractivity contribution in [2.24, 2.45) is 0 Å². The molecule has 0 aromatic heterocycles. The van der Waals surface area contributed by atoms with Crippen molar-refractivity contribution in [2.75, 3.05) is 0 Å². The Hall–Kier alpha value is -1.82. The first-order valence-electron chi connectivity index (χ1n) is 6.66. The van der Waals surface area contributed by atoms with Gasteiger partial charge in [-0.05, 0) is 41.7 Å². The van der Waals surface area contributed by atoms with Crippen molar-refractivity contribution in [3.05, 3.63) is 65.7 Å². The molecule has 0 unspecified atom stereocenters. The van der Waals surface area contributed by atoms with Crippen molar-refractivity contribution < 1.29 is 0 Å². The van der Waals surface area contributed by atoms with Crippen molar-refractivity contribution in [1.82, 2.24) is 0 Å². The normalized spacial score (nSPS) is 11.0. The van der Waals surface area contributed by atoms with Gasteiger partial charge in [0.1, 0.15) is 0 Å². The molecule has 0 amide bonds. The number of aryl methyl sites for hydroxylation is 1. The maximum atomic E-state index is 2.26. The van der Waals surface area contributed by atoms with Crippen LogP contribution in [0, 0.1) is 0 Å². The molecule has 0 saturated carbocycles. The Labute approximate surface area is 110 Å². The topological polar surface area (TPSA) is 0 Å². The fourth-order valence-electron chi connectivity index (χ4n) is 2.29. The van der Waals surface area contributed by atoms with Crippen LogP contribution in [0.3, 0.4) is 0 Å². The van der Waals surface area contributed by atoms with Gasteiger partial charge in [-0.3, -0.25) is 0 Å². The minimum Gasteiger partial charge on any atom is -0.0871 e. The van der Waals surface area contributed by atoms with Crippen LogP contribution in [0.15, 0.2) is 54.6 Å². The molecule has 2 aromatic carbocycles. The average Bonchev–Trinajstić information content (AvgIpc) is 2.40. The monoisotopic (exact) mass is 236 g/mol. The molecule has 0 heteroatoms. The summed E-state index contributed by atoms with van der Waals surface area (Å²) in [7, 11) is 0. The van der Waals surface area contributed by atoms with Crippen molar-refractivity contribution in [3.8, 4) is 11.1 Å². The molecule has 2 rings (SSSR count). The first-order chi connectivity index (χ1) is 8.85. The third kappa shape index (κ3) is 2.89. The Kier molecular flexibility index (Phi) is 4.35. The van der Waals surface area contributed by atoms with Crippen LogP contribution in [0.2, 0.25) is 0 Å². The van der Waals surface area contributed by atoms with Crippen molar-refractivity contribution in [3.63, 3.8) is 0 Å². The van der Waals surface area contributed by atoms with Crippen molar-refractivity contribution in [2.45, 2.75) is 26.7 Å². The van der Waals surface area contributed by atoms with E-state index < -0.39 is 0 Å². The van der Waals surface area contributed by atoms with E-state index in [0.717, 1.165) is 6.42 Å². The first-order valence-corrected chi connectivity index (χ1v) is 6.66. The summed E-state index contributed by atoms with van der Waals surface area (Å²) in [6.07, 6.45) is 6.55. The van der Waals surface area contributed by atoms with Gasteiger partial charge < -0.3 is 0 Å². The molecular formula is C18H20. The third-order valence-electron chi connectivity index (χ3n) is 3.09. The lowest BCUT2D eigenvalue weighted by atomic mass is 9.96. The Morgan fingerprint density at radius 3 is 2.61 bits per heavy atom. The molecule has 0 saturated heterocycles. The average molecular weight is 236 g/mol. The van der Waals surface area contributed by atoms with Crippen LogP contribution in [0.4, 0.5) is 0 Å². The Morgan fingerprint density at radius 2 is 1.83 bits per heavy atom.